The summed E-state index contributed by atoms with van der Waals surface area (Å²) in [6.07, 6.45) is 3.69. The Kier molecular flexibility index (Phi) is 2.93. The van der Waals surface area contributed by atoms with Gasteiger partial charge in [0.1, 0.15) is 5.82 Å². The summed E-state index contributed by atoms with van der Waals surface area (Å²) < 4.78 is 30.7. The molecule has 1 atom stereocenters. The average Bonchev–Trinajstić information content (AvgIpc) is 2.94. The summed E-state index contributed by atoms with van der Waals surface area (Å²) in [7, 11) is -1.39. The highest BCUT2D eigenvalue weighted by atomic mass is 32.2. The van der Waals surface area contributed by atoms with Crippen LogP contribution in [0.1, 0.15) is 18.7 Å². The first kappa shape index (κ1) is 12.4. The molecule has 0 aromatic carbocycles. The van der Waals surface area contributed by atoms with Crippen molar-refractivity contribution in [1.82, 2.24) is 14.6 Å². The number of rotatable bonds is 3. The van der Waals surface area contributed by atoms with E-state index < -0.39 is 9.84 Å². The highest BCUT2D eigenvalue weighted by Gasteiger charge is 2.32. The average molecular weight is 281 g/mol. The van der Waals surface area contributed by atoms with Gasteiger partial charge in [-0.3, -0.25) is 4.40 Å². The topological polar surface area (TPSA) is 73.6 Å². The number of aromatic nitrogens is 3. The molecule has 0 amide bonds. The molecule has 3 rings (SSSR count). The van der Waals surface area contributed by atoms with Crippen LogP contribution in [0.25, 0.3) is 5.65 Å². The third-order valence-electron chi connectivity index (χ3n) is 3.56. The monoisotopic (exact) mass is 281 g/mol. The second kappa shape index (κ2) is 4.48. The van der Waals surface area contributed by atoms with Gasteiger partial charge < -0.3 is 4.74 Å². The highest BCUT2D eigenvalue weighted by Crippen LogP contribution is 2.24. The minimum Gasteiger partial charge on any atom is -0.493 e. The van der Waals surface area contributed by atoms with Crippen LogP contribution in [0.2, 0.25) is 0 Å². The molecule has 0 saturated carbocycles. The fraction of sp³-hybridized carbons (Fsp3) is 0.500. The molecular weight excluding hydrogens is 266 g/mol. The summed E-state index contributed by atoms with van der Waals surface area (Å²) in [5.74, 6) is 1.59. The molecule has 2 aromatic heterocycles. The lowest BCUT2D eigenvalue weighted by Crippen LogP contribution is -2.19. The van der Waals surface area contributed by atoms with Crippen molar-refractivity contribution >= 4 is 15.5 Å². The van der Waals surface area contributed by atoms with Gasteiger partial charge in [0, 0.05) is 12.6 Å². The van der Waals surface area contributed by atoms with Crippen molar-refractivity contribution in [1.29, 1.82) is 0 Å². The number of pyridine rings is 1. The van der Waals surface area contributed by atoms with Crippen LogP contribution in [0.15, 0.2) is 18.3 Å². The smallest absolute Gasteiger partial charge is 0.203 e. The minimum atomic E-state index is -2.96. The van der Waals surface area contributed by atoms with Gasteiger partial charge in [-0.2, -0.15) is 0 Å². The molecule has 1 aliphatic rings. The van der Waals surface area contributed by atoms with Crippen molar-refractivity contribution < 1.29 is 13.2 Å². The zero-order valence-electron chi connectivity index (χ0n) is 10.6. The minimum absolute atomic E-state index is 0.289. The molecular formula is C12H15N3O3S. The molecule has 1 fully saturated rings. The molecule has 19 heavy (non-hydrogen) atoms. The Balaban J connectivity index is 1.98. The Labute approximate surface area is 111 Å². The number of hydrogen-bond donors (Lipinski definition) is 0. The fourth-order valence-electron chi connectivity index (χ4n) is 2.53. The second-order valence-corrected chi connectivity index (χ2v) is 7.12. The third kappa shape index (κ3) is 2.07. The van der Waals surface area contributed by atoms with E-state index in [1.807, 2.05) is 12.3 Å². The van der Waals surface area contributed by atoms with Crippen LogP contribution in [-0.4, -0.2) is 41.1 Å². The third-order valence-corrected chi connectivity index (χ3v) is 5.84. The zero-order chi connectivity index (χ0) is 13.5. The molecule has 0 spiro atoms. The Morgan fingerprint density at radius 2 is 2.32 bits per heavy atom. The normalized spacial score (nSPS) is 21.8. The summed E-state index contributed by atoms with van der Waals surface area (Å²) >= 11 is 0. The zero-order valence-corrected chi connectivity index (χ0v) is 11.4. The molecule has 1 unspecified atom stereocenters. The van der Waals surface area contributed by atoms with Gasteiger partial charge in [-0.1, -0.05) is 0 Å². The highest BCUT2D eigenvalue weighted by molar-refractivity contribution is 7.92. The van der Waals surface area contributed by atoms with E-state index in [9.17, 15) is 8.42 Å². The van der Waals surface area contributed by atoms with Crippen molar-refractivity contribution in [2.24, 2.45) is 0 Å². The standard InChI is InChI=1S/C12H15N3O3S/c1-18-10-5-2-6-15-11(13-14-12(10)15)8-9-4-3-7-19(9,16)17/h2,5-6,9H,3-4,7-8H2,1H3. The van der Waals surface area contributed by atoms with Crippen LogP contribution in [-0.2, 0) is 16.3 Å². The fourth-order valence-corrected chi connectivity index (χ4v) is 4.36. The van der Waals surface area contributed by atoms with Gasteiger partial charge in [-0.25, -0.2) is 8.42 Å². The number of sulfone groups is 1. The summed E-state index contributed by atoms with van der Waals surface area (Å²) in [6.45, 7) is 0. The Bertz CT molecular complexity index is 708. The van der Waals surface area contributed by atoms with Crippen molar-refractivity contribution in [2.75, 3.05) is 12.9 Å². The van der Waals surface area contributed by atoms with Gasteiger partial charge >= 0.3 is 0 Å². The lowest BCUT2D eigenvalue weighted by atomic mass is 10.2. The molecule has 2 aromatic rings. The maximum Gasteiger partial charge on any atom is 0.203 e. The van der Waals surface area contributed by atoms with Crippen molar-refractivity contribution in [3.8, 4) is 5.75 Å². The summed E-state index contributed by atoms with van der Waals surface area (Å²) in [5, 5.41) is 7.85. The van der Waals surface area contributed by atoms with Crippen LogP contribution in [0.4, 0.5) is 0 Å². The summed E-state index contributed by atoms with van der Waals surface area (Å²) in [4.78, 5) is 0. The first-order valence-electron chi connectivity index (χ1n) is 6.20. The second-order valence-electron chi connectivity index (χ2n) is 4.72. The quantitative estimate of drug-likeness (QED) is 0.834. The van der Waals surface area contributed by atoms with E-state index in [2.05, 4.69) is 10.2 Å². The van der Waals surface area contributed by atoms with E-state index in [-0.39, 0.29) is 11.0 Å². The number of hydrogen-bond acceptors (Lipinski definition) is 5. The van der Waals surface area contributed by atoms with E-state index in [4.69, 9.17) is 4.74 Å². The molecule has 0 aliphatic carbocycles. The van der Waals surface area contributed by atoms with Gasteiger partial charge in [0.15, 0.2) is 15.6 Å². The molecule has 102 valence electrons. The number of nitrogens with zero attached hydrogens (tertiary/aromatic N) is 3. The van der Waals surface area contributed by atoms with E-state index in [0.717, 1.165) is 6.42 Å². The lowest BCUT2D eigenvalue weighted by molar-refractivity contribution is 0.416. The largest absolute Gasteiger partial charge is 0.493 e. The molecule has 1 saturated heterocycles. The van der Waals surface area contributed by atoms with Gasteiger partial charge in [-0.05, 0) is 25.0 Å². The first-order valence-corrected chi connectivity index (χ1v) is 7.91. The predicted molar refractivity (Wildman–Crippen MR) is 70.1 cm³/mol. The number of ether oxygens (including phenoxy) is 1. The van der Waals surface area contributed by atoms with E-state index in [1.54, 1.807) is 17.6 Å². The van der Waals surface area contributed by atoms with Crippen molar-refractivity contribution in [3.05, 3.63) is 24.2 Å². The van der Waals surface area contributed by atoms with Crippen molar-refractivity contribution in [3.63, 3.8) is 0 Å². The van der Waals surface area contributed by atoms with E-state index in [0.29, 0.717) is 30.1 Å². The lowest BCUT2D eigenvalue weighted by Gasteiger charge is -2.08. The first-order chi connectivity index (χ1) is 9.12. The molecule has 7 heteroatoms. The van der Waals surface area contributed by atoms with Crippen LogP contribution >= 0.6 is 0 Å². The maximum absolute atomic E-state index is 11.9. The Hall–Kier alpha value is -1.63. The number of methoxy groups -OCH3 is 1. The Morgan fingerprint density at radius 1 is 1.47 bits per heavy atom. The van der Waals surface area contributed by atoms with Crippen molar-refractivity contribution in [2.45, 2.75) is 24.5 Å². The summed E-state index contributed by atoms with van der Waals surface area (Å²) in [6, 6.07) is 3.64. The van der Waals surface area contributed by atoms with Gasteiger partial charge in [-0.15, -0.1) is 10.2 Å². The van der Waals surface area contributed by atoms with E-state index >= 15 is 0 Å². The van der Waals surface area contributed by atoms with E-state index in [1.165, 1.54) is 0 Å². The Morgan fingerprint density at radius 3 is 3.00 bits per heavy atom. The van der Waals surface area contributed by atoms with Gasteiger partial charge in [0.05, 0.1) is 18.1 Å². The molecule has 0 bridgehead atoms. The molecule has 0 radical (unpaired) electrons. The number of fused-ring (bicyclic) bond motifs is 1. The predicted octanol–water partition coefficient (Wildman–Crippen LogP) is 0.858. The SMILES string of the molecule is COc1cccn2c(CC3CCCS3(=O)=O)nnc12. The molecule has 3 heterocycles. The van der Waals surface area contributed by atoms with Crippen LogP contribution in [0.3, 0.4) is 0 Å². The summed E-state index contributed by atoms with van der Waals surface area (Å²) in [5.41, 5.74) is 0.621. The van der Waals surface area contributed by atoms with Gasteiger partial charge in [0.2, 0.25) is 5.65 Å². The van der Waals surface area contributed by atoms with Crippen LogP contribution in [0, 0.1) is 0 Å². The van der Waals surface area contributed by atoms with Gasteiger partial charge in [0.25, 0.3) is 0 Å². The molecule has 6 nitrogen and oxygen atoms in total. The molecule has 0 N–H and O–H groups in total. The van der Waals surface area contributed by atoms with Crippen LogP contribution in [0.5, 0.6) is 5.75 Å². The van der Waals surface area contributed by atoms with Crippen LogP contribution < -0.4 is 4.74 Å². The molecule has 1 aliphatic heterocycles. The maximum atomic E-state index is 11.9.